The number of hydrogen-bond donors (Lipinski definition) is 3. The van der Waals surface area contributed by atoms with Gasteiger partial charge in [-0.3, -0.25) is 4.40 Å². The topological polar surface area (TPSA) is 121 Å². The van der Waals surface area contributed by atoms with Crippen molar-refractivity contribution in [3.63, 3.8) is 0 Å². The van der Waals surface area contributed by atoms with Gasteiger partial charge in [0.05, 0.1) is 18.4 Å². The lowest BCUT2D eigenvalue weighted by molar-refractivity contribution is -0.141. The van der Waals surface area contributed by atoms with Crippen molar-refractivity contribution < 1.29 is 13.2 Å². The van der Waals surface area contributed by atoms with Crippen molar-refractivity contribution in [2.45, 2.75) is 12.2 Å². The fraction of sp³-hybridized carbons (Fsp3) is 0.278. The molecule has 0 radical (unpaired) electrons. The van der Waals surface area contributed by atoms with Crippen LogP contribution in [0.5, 0.6) is 0 Å². The predicted molar refractivity (Wildman–Crippen MR) is 104 cm³/mol. The van der Waals surface area contributed by atoms with Gasteiger partial charge in [0, 0.05) is 50.0 Å². The van der Waals surface area contributed by atoms with Gasteiger partial charge in [-0.15, -0.1) is 0 Å². The molecular formula is C18H18F3N9. The molecule has 3 aromatic rings. The second kappa shape index (κ2) is 7.71. The highest BCUT2D eigenvalue weighted by Crippen LogP contribution is 2.29. The molecule has 0 bridgehead atoms. The third-order valence-electron chi connectivity index (χ3n) is 4.82. The molecule has 1 saturated heterocycles. The zero-order valence-electron chi connectivity index (χ0n) is 15.6. The van der Waals surface area contributed by atoms with Gasteiger partial charge in [0.2, 0.25) is 0 Å². The zero-order valence-corrected chi connectivity index (χ0v) is 15.6. The Balaban J connectivity index is 1.68. The highest BCUT2D eigenvalue weighted by atomic mass is 19.4. The van der Waals surface area contributed by atoms with Gasteiger partial charge in [-0.25, -0.2) is 19.9 Å². The molecule has 156 valence electrons. The summed E-state index contributed by atoms with van der Waals surface area (Å²) in [5.74, 6) is 0.865. The molecule has 0 aromatic carbocycles. The number of rotatable bonds is 4. The molecule has 9 nitrogen and oxygen atoms in total. The summed E-state index contributed by atoms with van der Waals surface area (Å²) in [5, 5.41) is 10.8. The number of halogens is 3. The van der Waals surface area contributed by atoms with E-state index in [0.29, 0.717) is 36.7 Å². The number of imidazole rings is 1. The average Bonchev–Trinajstić information content (AvgIpc) is 3.18. The van der Waals surface area contributed by atoms with Gasteiger partial charge >= 0.3 is 6.18 Å². The van der Waals surface area contributed by atoms with E-state index in [9.17, 15) is 13.2 Å². The molecule has 30 heavy (non-hydrogen) atoms. The number of anilines is 1. The van der Waals surface area contributed by atoms with Crippen LogP contribution in [-0.4, -0.2) is 56.2 Å². The van der Waals surface area contributed by atoms with Crippen LogP contribution in [-0.2, 0) is 6.18 Å². The van der Waals surface area contributed by atoms with Crippen LogP contribution in [0.1, 0.15) is 5.69 Å². The third-order valence-corrected chi connectivity index (χ3v) is 4.82. The molecule has 4 N–H and O–H groups in total. The van der Waals surface area contributed by atoms with E-state index in [1.807, 2.05) is 4.90 Å². The molecule has 0 spiro atoms. The Hall–Kier alpha value is -3.54. The highest BCUT2D eigenvalue weighted by Gasteiger charge is 2.33. The summed E-state index contributed by atoms with van der Waals surface area (Å²) in [7, 11) is 0. The smallest absolute Gasteiger partial charge is 0.404 e. The van der Waals surface area contributed by atoms with Crippen LogP contribution < -0.4 is 16.0 Å². The van der Waals surface area contributed by atoms with Crippen molar-refractivity contribution in [3.05, 3.63) is 48.3 Å². The second-order valence-electron chi connectivity index (χ2n) is 6.64. The number of fused-ring (bicyclic) bond motifs is 1. The summed E-state index contributed by atoms with van der Waals surface area (Å²) in [5.41, 5.74) is 5.81. The lowest BCUT2D eigenvalue weighted by atomic mass is 10.1. The molecule has 4 heterocycles. The van der Waals surface area contributed by atoms with Gasteiger partial charge < -0.3 is 21.4 Å². The van der Waals surface area contributed by atoms with Crippen molar-refractivity contribution >= 4 is 17.7 Å². The first-order valence-corrected chi connectivity index (χ1v) is 9.05. The van der Waals surface area contributed by atoms with Crippen LogP contribution in [0, 0.1) is 5.41 Å². The van der Waals surface area contributed by atoms with Crippen molar-refractivity contribution in [1.29, 1.82) is 5.41 Å². The van der Waals surface area contributed by atoms with Crippen LogP contribution >= 0.6 is 0 Å². The Bertz CT molecular complexity index is 1110. The summed E-state index contributed by atoms with van der Waals surface area (Å²) in [6.45, 7) is 1.85. The average molecular weight is 417 g/mol. The Morgan fingerprint density at radius 3 is 2.83 bits per heavy atom. The molecule has 0 amide bonds. The number of nitrogens with two attached hydrogens (primary N) is 1. The largest absolute Gasteiger partial charge is 0.434 e. The monoisotopic (exact) mass is 417 g/mol. The predicted octanol–water partition coefficient (Wildman–Crippen LogP) is 1.48. The van der Waals surface area contributed by atoms with E-state index >= 15 is 0 Å². The van der Waals surface area contributed by atoms with E-state index in [1.165, 1.54) is 23.0 Å². The fourth-order valence-corrected chi connectivity index (χ4v) is 3.30. The Morgan fingerprint density at radius 1 is 1.27 bits per heavy atom. The SMILES string of the molecule is N=CC(=CN)C1CN(c2ccnc(-c3cnc4cnc(C(F)(F)F)cn34)n2)CCN1. The van der Waals surface area contributed by atoms with E-state index in [2.05, 4.69) is 25.3 Å². The van der Waals surface area contributed by atoms with E-state index in [4.69, 9.17) is 11.1 Å². The van der Waals surface area contributed by atoms with Crippen LogP contribution in [0.2, 0.25) is 0 Å². The minimum absolute atomic E-state index is 0.129. The summed E-state index contributed by atoms with van der Waals surface area (Å²) < 4.78 is 40.4. The first kappa shape index (κ1) is 19.8. The Labute approximate surface area is 169 Å². The van der Waals surface area contributed by atoms with E-state index in [0.717, 1.165) is 12.4 Å². The van der Waals surface area contributed by atoms with Crippen molar-refractivity contribution in [2.24, 2.45) is 5.73 Å². The Kier molecular flexibility index (Phi) is 5.08. The molecular weight excluding hydrogens is 399 g/mol. The summed E-state index contributed by atoms with van der Waals surface area (Å²) in [6.07, 6.45) is 2.95. The van der Waals surface area contributed by atoms with Gasteiger partial charge in [-0.05, 0) is 6.07 Å². The van der Waals surface area contributed by atoms with Crippen molar-refractivity contribution in [1.82, 2.24) is 29.7 Å². The number of hydrogen-bond acceptors (Lipinski definition) is 8. The molecule has 1 fully saturated rings. The molecule has 4 rings (SSSR count). The van der Waals surface area contributed by atoms with Gasteiger partial charge in [-0.1, -0.05) is 0 Å². The number of nitrogens with zero attached hydrogens (tertiary/aromatic N) is 6. The maximum atomic E-state index is 13.1. The lowest BCUT2D eigenvalue weighted by Crippen LogP contribution is -2.52. The van der Waals surface area contributed by atoms with E-state index in [-0.39, 0.29) is 17.5 Å². The van der Waals surface area contributed by atoms with Crippen molar-refractivity contribution in [2.75, 3.05) is 24.5 Å². The minimum atomic E-state index is -4.57. The standard InChI is InChI=1S/C18H18F3N9/c19-18(20,21)14-10-30-13(7-27-16(30)8-26-14)17-25-2-1-15(28-17)29-4-3-24-12(9-29)11(5-22)6-23/h1-2,5-8,10,12,22,24H,3-4,9,23H2. The van der Waals surface area contributed by atoms with Crippen LogP contribution in [0.25, 0.3) is 17.2 Å². The molecule has 0 aliphatic carbocycles. The number of piperazine rings is 1. The Morgan fingerprint density at radius 2 is 2.10 bits per heavy atom. The fourth-order valence-electron chi connectivity index (χ4n) is 3.30. The summed E-state index contributed by atoms with van der Waals surface area (Å²) in [4.78, 5) is 18.3. The normalized spacial score (nSPS) is 18.0. The molecule has 1 aliphatic heterocycles. The summed E-state index contributed by atoms with van der Waals surface area (Å²) in [6, 6.07) is 1.60. The molecule has 1 unspecified atom stereocenters. The molecule has 12 heteroatoms. The third kappa shape index (κ3) is 3.68. The maximum absolute atomic E-state index is 13.1. The number of aromatic nitrogens is 5. The molecule has 3 aromatic heterocycles. The van der Waals surface area contributed by atoms with E-state index in [1.54, 1.807) is 12.3 Å². The molecule has 0 saturated carbocycles. The number of alkyl halides is 3. The maximum Gasteiger partial charge on any atom is 0.434 e. The van der Waals surface area contributed by atoms with Crippen LogP contribution in [0.3, 0.4) is 0 Å². The minimum Gasteiger partial charge on any atom is -0.404 e. The van der Waals surface area contributed by atoms with Gasteiger partial charge in [0.1, 0.15) is 11.5 Å². The van der Waals surface area contributed by atoms with E-state index < -0.39 is 11.9 Å². The first-order valence-electron chi connectivity index (χ1n) is 9.05. The van der Waals surface area contributed by atoms with Gasteiger partial charge in [0.25, 0.3) is 0 Å². The van der Waals surface area contributed by atoms with Crippen LogP contribution in [0.15, 0.2) is 42.6 Å². The quantitative estimate of drug-likeness (QED) is 0.550. The number of nitrogens with one attached hydrogen (secondary N) is 2. The highest BCUT2D eigenvalue weighted by molar-refractivity contribution is 5.77. The molecule has 1 aliphatic rings. The second-order valence-corrected chi connectivity index (χ2v) is 6.64. The van der Waals surface area contributed by atoms with Gasteiger partial charge in [0.15, 0.2) is 17.2 Å². The van der Waals surface area contributed by atoms with Crippen LogP contribution in [0.4, 0.5) is 19.0 Å². The van der Waals surface area contributed by atoms with Crippen molar-refractivity contribution in [3.8, 4) is 11.5 Å². The molecule has 1 atom stereocenters. The van der Waals surface area contributed by atoms with Gasteiger partial charge in [-0.2, -0.15) is 13.2 Å². The lowest BCUT2D eigenvalue weighted by Gasteiger charge is -2.34. The zero-order chi connectivity index (χ0) is 21.3. The first-order chi connectivity index (χ1) is 14.4. The summed E-state index contributed by atoms with van der Waals surface area (Å²) >= 11 is 0.